The lowest BCUT2D eigenvalue weighted by Crippen LogP contribution is -2.17. The standard InChI is InChI=1S/C19H13F5N4OS/c20-10-5-25-6-11(21)16(10)18(29)28-14-8-26-12(7-27-14)15-9-3-1-2-4-13(9)30-17(15)19(22,23)24/h5-8H,1-4H2,(H,27,28,29). The minimum atomic E-state index is -4.53. The Bertz CT molecular complexity index is 1090. The van der Waals surface area contributed by atoms with Crippen molar-refractivity contribution in [2.24, 2.45) is 0 Å². The van der Waals surface area contributed by atoms with Crippen molar-refractivity contribution in [3.63, 3.8) is 0 Å². The van der Waals surface area contributed by atoms with E-state index in [4.69, 9.17) is 0 Å². The van der Waals surface area contributed by atoms with Crippen LogP contribution in [-0.2, 0) is 19.0 Å². The summed E-state index contributed by atoms with van der Waals surface area (Å²) in [5, 5.41) is 2.18. The van der Waals surface area contributed by atoms with Crippen molar-refractivity contribution in [1.29, 1.82) is 0 Å². The second-order valence-corrected chi connectivity index (χ2v) is 7.74. The summed E-state index contributed by atoms with van der Waals surface area (Å²) in [7, 11) is 0. The van der Waals surface area contributed by atoms with Crippen LogP contribution >= 0.6 is 11.3 Å². The molecule has 0 unspecified atom stereocenters. The lowest BCUT2D eigenvalue weighted by Gasteiger charge is -2.13. The maximum atomic E-state index is 13.7. The average Bonchev–Trinajstić information content (AvgIpc) is 3.09. The molecule has 1 amide bonds. The van der Waals surface area contributed by atoms with Gasteiger partial charge in [0.1, 0.15) is 10.4 Å². The number of fused-ring (bicyclic) bond motifs is 1. The van der Waals surface area contributed by atoms with Gasteiger partial charge in [-0.15, -0.1) is 11.3 Å². The third-order valence-electron chi connectivity index (χ3n) is 4.66. The number of amides is 1. The predicted octanol–water partition coefficient (Wildman–Crippen LogP) is 5.03. The number of hydrogen-bond donors (Lipinski definition) is 1. The SMILES string of the molecule is O=C(Nc1cnc(-c2c(C(F)(F)F)sc3c2CCCC3)cn1)c1c(F)cncc1F. The summed E-state index contributed by atoms with van der Waals surface area (Å²) in [6.45, 7) is 0. The van der Waals surface area contributed by atoms with Gasteiger partial charge in [-0.2, -0.15) is 13.2 Å². The number of aryl methyl sites for hydroxylation is 1. The topological polar surface area (TPSA) is 67.8 Å². The van der Waals surface area contributed by atoms with Gasteiger partial charge in [-0.05, 0) is 31.2 Å². The molecular formula is C19H13F5N4OS. The van der Waals surface area contributed by atoms with Gasteiger partial charge in [-0.25, -0.2) is 13.8 Å². The highest BCUT2D eigenvalue weighted by atomic mass is 32.1. The van der Waals surface area contributed by atoms with Gasteiger partial charge in [0, 0.05) is 10.4 Å². The number of carbonyl (C=O) groups excluding carboxylic acids is 1. The normalized spacial score (nSPS) is 13.8. The van der Waals surface area contributed by atoms with Gasteiger partial charge < -0.3 is 5.32 Å². The van der Waals surface area contributed by atoms with Crippen LogP contribution in [0, 0.1) is 11.6 Å². The molecule has 0 bridgehead atoms. The molecule has 0 aliphatic heterocycles. The van der Waals surface area contributed by atoms with Crippen LogP contribution in [0.1, 0.15) is 38.5 Å². The van der Waals surface area contributed by atoms with E-state index in [-0.39, 0.29) is 17.1 Å². The van der Waals surface area contributed by atoms with Crippen LogP contribution in [0.4, 0.5) is 27.8 Å². The summed E-state index contributed by atoms with van der Waals surface area (Å²) in [5.41, 5.74) is -0.174. The minimum absolute atomic E-state index is 0.0128. The Hall–Kier alpha value is -2.95. The Labute approximate surface area is 171 Å². The van der Waals surface area contributed by atoms with Gasteiger partial charge >= 0.3 is 6.18 Å². The van der Waals surface area contributed by atoms with Crippen LogP contribution in [-0.4, -0.2) is 20.9 Å². The average molecular weight is 440 g/mol. The Morgan fingerprint density at radius 2 is 1.70 bits per heavy atom. The molecule has 156 valence electrons. The van der Waals surface area contributed by atoms with E-state index >= 15 is 0 Å². The fourth-order valence-corrected chi connectivity index (χ4v) is 4.63. The van der Waals surface area contributed by atoms with Gasteiger partial charge in [0.25, 0.3) is 5.91 Å². The second kappa shape index (κ2) is 7.71. The third kappa shape index (κ3) is 3.76. The van der Waals surface area contributed by atoms with Crippen molar-refractivity contribution in [3.8, 4) is 11.3 Å². The summed E-state index contributed by atoms with van der Waals surface area (Å²) in [5.74, 6) is -3.58. The van der Waals surface area contributed by atoms with E-state index in [0.29, 0.717) is 35.7 Å². The molecule has 11 heteroatoms. The van der Waals surface area contributed by atoms with Crippen molar-refractivity contribution in [1.82, 2.24) is 15.0 Å². The lowest BCUT2D eigenvalue weighted by molar-refractivity contribution is -0.133. The Morgan fingerprint density at radius 3 is 2.33 bits per heavy atom. The van der Waals surface area contributed by atoms with Gasteiger partial charge in [0.05, 0.1) is 30.5 Å². The smallest absolute Gasteiger partial charge is 0.305 e. The zero-order chi connectivity index (χ0) is 21.5. The lowest BCUT2D eigenvalue weighted by atomic mass is 9.93. The van der Waals surface area contributed by atoms with Crippen molar-refractivity contribution in [3.05, 3.63) is 57.3 Å². The number of rotatable bonds is 3. The first-order valence-electron chi connectivity index (χ1n) is 8.90. The van der Waals surface area contributed by atoms with Crippen LogP contribution in [0.3, 0.4) is 0 Å². The molecule has 0 aromatic carbocycles. The molecule has 1 aliphatic rings. The quantitative estimate of drug-likeness (QED) is 0.581. The monoisotopic (exact) mass is 440 g/mol. The first-order chi connectivity index (χ1) is 14.3. The van der Waals surface area contributed by atoms with E-state index in [1.165, 1.54) is 0 Å². The maximum absolute atomic E-state index is 13.7. The number of pyridine rings is 1. The van der Waals surface area contributed by atoms with Crippen LogP contribution < -0.4 is 5.32 Å². The highest BCUT2D eigenvalue weighted by Crippen LogP contribution is 2.47. The molecule has 0 spiro atoms. The van der Waals surface area contributed by atoms with Crippen molar-refractivity contribution in [2.45, 2.75) is 31.9 Å². The maximum Gasteiger partial charge on any atom is 0.426 e. The van der Waals surface area contributed by atoms with Crippen LogP contribution in [0.2, 0.25) is 0 Å². The molecule has 4 rings (SSSR count). The molecule has 3 aromatic heterocycles. The number of nitrogens with zero attached hydrogens (tertiary/aromatic N) is 3. The summed E-state index contributed by atoms with van der Waals surface area (Å²) >= 11 is 0.727. The highest BCUT2D eigenvalue weighted by Gasteiger charge is 2.39. The molecular weight excluding hydrogens is 427 g/mol. The molecule has 3 aromatic rings. The predicted molar refractivity (Wildman–Crippen MR) is 99.1 cm³/mol. The van der Waals surface area contributed by atoms with Crippen molar-refractivity contribution in [2.75, 3.05) is 5.32 Å². The van der Waals surface area contributed by atoms with Gasteiger partial charge in [-0.3, -0.25) is 14.8 Å². The Morgan fingerprint density at radius 1 is 1.00 bits per heavy atom. The Balaban J connectivity index is 1.65. The second-order valence-electron chi connectivity index (χ2n) is 6.63. The van der Waals surface area contributed by atoms with Crippen molar-refractivity contribution >= 4 is 23.1 Å². The molecule has 0 radical (unpaired) electrons. The zero-order valence-corrected chi connectivity index (χ0v) is 16.0. The first-order valence-corrected chi connectivity index (χ1v) is 9.72. The summed E-state index contributed by atoms with van der Waals surface area (Å²) in [4.78, 5) is 23.3. The molecule has 30 heavy (non-hydrogen) atoms. The fraction of sp³-hybridized carbons (Fsp3) is 0.263. The molecule has 1 aliphatic carbocycles. The molecule has 0 saturated carbocycles. The van der Waals surface area contributed by atoms with Crippen LogP contribution in [0.15, 0.2) is 24.8 Å². The van der Waals surface area contributed by atoms with E-state index in [1.807, 2.05) is 0 Å². The van der Waals surface area contributed by atoms with E-state index in [9.17, 15) is 26.7 Å². The van der Waals surface area contributed by atoms with E-state index in [0.717, 1.165) is 36.6 Å². The molecule has 5 nitrogen and oxygen atoms in total. The zero-order valence-electron chi connectivity index (χ0n) is 15.2. The Kier molecular flexibility index (Phi) is 5.22. The number of aromatic nitrogens is 3. The molecule has 1 N–H and O–H groups in total. The molecule has 0 atom stereocenters. The number of hydrogen-bond acceptors (Lipinski definition) is 5. The largest absolute Gasteiger partial charge is 0.426 e. The number of carbonyl (C=O) groups is 1. The number of halogens is 5. The van der Waals surface area contributed by atoms with Crippen LogP contribution in [0.25, 0.3) is 11.3 Å². The third-order valence-corrected chi connectivity index (χ3v) is 6.00. The number of anilines is 1. The molecule has 0 fully saturated rings. The van der Waals surface area contributed by atoms with E-state index in [2.05, 4.69) is 20.3 Å². The van der Waals surface area contributed by atoms with E-state index in [1.54, 1.807) is 0 Å². The molecule has 0 saturated heterocycles. The first kappa shape index (κ1) is 20.3. The minimum Gasteiger partial charge on any atom is -0.305 e. The summed E-state index contributed by atoms with van der Waals surface area (Å²) in [6, 6.07) is 0. The van der Waals surface area contributed by atoms with Gasteiger partial charge in [0.15, 0.2) is 17.5 Å². The van der Waals surface area contributed by atoms with Gasteiger partial charge in [0.2, 0.25) is 0 Å². The number of nitrogens with one attached hydrogen (secondary N) is 1. The summed E-state index contributed by atoms with van der Waals surface area (Å²) < 4.78 is 68.0. The molecule has 3 heterocycles. The summed E-state index contributed by atoms with van der Waals surface area (Å²) in [6.07, 6.45) is 1.75. The van der Waals surface area contributed by atoms with Crippen molar-refractivity contribution < 1.29 is 26.7 Å². The fourth-order valence-electron chi connectivity index (χ4n) is 3.37. The number of alkyl halides is 3. The number of thiophene rings is 1. The highest BCUT2D eigenvalue weighted by molar-refractivity contribution is 7.12. The van der Waals surface area contributed by atoms with Gasteiger partial charge in [-0.1, -0.05) is 0 Å². The van der Waals surface area contributed by atoms with E-state index < -0.39 is 34.2 Å². The van der Waals surface area contributed by atoms with Crippen LogP contribution in [0.5, 0.6) is 0 Å².